The number of carbonyl (C=O) groups is 1. The molecule has 1 aliphatic rings. The summed E-state index contributed by atoms with van der Waals surface area (Å²) in [6, 6.07) is 12.2. The highest BCUT2D eigenvalue weighted by Gasteiger charge is 2.19. The lowest BCUT2D eigenvalue weighted by atomic mass is 10.1. The Balaban J connectivity index is 1.43. The van der Waals surface area contributed by atoms with E-state index in [4.69, 9.17) is 11.6 Å². The van der Waals surface area contributed by atoms with Gasteiger partial charge >= 0.3 is 0 Å². The zero-order valence-corrected chi connectivity index (χ0v) is 15.2. The molecule has 0 bridgehead atoms. The maximum atomic E-state index is 12.2. The van der Waals surface area contributed by atoms with E-state index in [0.29, 0.717) is 17.4 Å². The number of nitrogens with one attached hydrogen (secondary N) is 1. The van der Waals surface area contributed by atoms with E-state index in [1.54, 1.807) is 18.3 Å². The summed E-state index contributed by atoms with van der Waals surface area (Å²) >= 11 is 5.97. The summed E-state index contributed by atoms with van der Waals surface area (Å²) in [4.78, 5) is 20.7. The lowest BCUT2D eigenvalue weighted by Gasteiger charge is -2.34. The number of pyridine rings is 1. The zero-order valence-electron chi connectivity index (χ0n) is 14.4. The lowest BCUT2D eigenvalue weighted by Crippen LogP contribution is -2.48. The van der Waals surface area contributed by atoms with Gasteiger partial charge in [0.25, 0.3) is 0 Å². The third-order valence-electron chi connectivity index (χ3n) is 4.39. The van der Waals surface area contributed by atoms with Gasteiger partial charge in [0.05, 0.1) is 12.2 Å². The average molecular weight is 359 g/mol. The van der Waals surface area contributed by atoms with E-state index < -0.39 is 0 Å². The molecule has 0 saturated carbocycles. The van der Waals surface area contributed by atoms with Crippen molar-refractivity contribution in [1.82, 2.24) is 14.8 Å². The van der Waals surface area contributed by atoms with Crippen molar-refractivity contribution in [1.29, 1.82) is 0 Å². The number of rotatable bonds is 5. The summed E-state index contributed by atoms with van der Waals surface area (Å²) in [5.74, 6) is -0.0538. The molecular formula is C19H23ClN4O. The second-order valence-corrected chi connectivity index (χ2v) is 6.79. The molecule has 0 spiro atoms. The van der Waals surface area contributed by atoms with E-state index in [1.807, 2.05) is 0 Å². The number of anilines is 1. The van der Waals surface area contributed by atoms with E-state index in [2.05, 4.69) is 51.3 Å². The summed E-state index contributed by atoms with van der Waals surface area (Å²) in [6.07, 6.45) is 1.60. The molecule has 6 heteroatoms. The fourth-order valence-electron chi connectivity index (χ4n) is 2.93. The van der Waals surface area contributed by atoms with E-state index in [-0.39, 0.29) is 5.91 Å². The van der Waals surface area contributed by atoms with Gasteiger partial charge in [0, 0.05) is 38.9 Å². The van der Waals surface area contributed by atoms with Crippen molar-refractivity contribution < 1.29 is 4.79 Å². The number of piperazine rings is 1. The Labute approximate surface area is 153 Å². The number of hydrogen-bond acceptors (Lipinski definition) is 4. The van der Waals surface area contributed by atoms with E-state index in [0.717, 1.165) is 32.7 Å². The molecular weight excluding hydrogens is 336 g/mol. The standard InChI is InChI=1S/C19H23ClN4O/c1-15-4-6-16(7-5-15)13-23-9-11-24(12-10-23)14-18(25)22-17-3-2-8-21-19(17)20/h2-8H,9-14H2,1H3,(H,22,25). The predicted octanol–water partition coefficient (Wildman–Crippen LogP) is 2.80. The summed E-state index contributed by atoms with van der Waals surface area (Å²) in [5, 5.41) is 3.14. The van der Waals surface area contributed by atoms with Crippen LogP contribution in [-0.2, 0) is 11.3 Å². The molecule has 1 aliphatic heterocycles. The normalized spacial score (nSPS) is 15.9. The van der Waals surface area contributed by atoms with Crippen molar-refractivity contribution in [2.75, 3.05) is 38.0 Å². The Morgan fingerprint density at radius 3 is 2.48 bits per heavy atom. The van der Waals surface area contributed by atoms with E-state index in [9.17, 15) is 4.79 Å². The second-order valence-electron chi connectivity index (χ2n) is 6.43. The molecule has 5 nitrogen and oxygen atoms in total. The minimum atomic E-state index is -0.0538. The van der Waals surface area contributed by atoms with Crippen LogP contribution in [0.3, 0.4) is 0 Å². The molecule has 2 aromatic rings. The van der Waals surface area contributed by atoms with Gasteiger partial charge in [-0.25, -0.2) is 4.98 Å². The Morgan fingerprint density at radius 1 is 1.12 bits per heavy atom. The van der Waals surface area contributed by atoms with Crippen molar-refractivity contribution in [2.24, 2.45) is 0 Å². The Kier molecular flexibility index (Phi) is 6.02. The Hall–Kier alpha value is -1.95. The van der Waals surface area contributed by atoms with Gasteiger partial charge in [-0.1, -0.05) is 41.4 Å². The van der Waals surface area contributed by atoms with E-state index >= 15 is 0 Å². The van der Waals surface area contributed by atoms with Crippen LogP contribution in [0.15, 0.2) is 42.6 Å². The van der Waals surface area contributed by atoms with Gasteiger partial charge in [-0.05, 0) is 24.6 Å². The summed E-state index contributed by atoms with van der Waals surface area (Å²) < 4.78 is 0. The molecule has 1 aromatic heterocycles. The van der Waals surface area contributed by atoms with Gasteiger partial charge in [0.15, 0.2) is 5.15 Å². The van der Waals surface area contributed by atoms with Gasteiger partial charge in [0.2, 0.25) is 5.91 Å². The second kappa shape index (κ2) is 8.43. The van der Waals surface area contributed by atoms with Crippen molar-refractivity contribution in [3.05, 3.63) is 58.9 Å². The highest BCUT2D eigenvalue weighted by atomic mass is 35.5. The number of amides is 1. The zero-order chi connectivity index (χ0) is 17.6. The van der Waals surface area contributed by atoms with Crippen LogP contribution in [0.2, 0.25) is 5.15 Å². The van der Waals surface area contributed by atoms with Crippen molar-refractivity contribution in [3.63, 3.8) is 0 Å². The van der Waals surface area contributed by atoms with Crippen molar-refractivity contribution in [2.45, 2.75) is 13.5 Å². The molecule has 1 N–H and O–H groups in total. The van der Waals surface area contributed by atoms with Gasteiger partial charge in [0.1, 0.15) is 0 Å². The number of aromatic nitrogens is 1. The van der Waals surface area contributed by atoms with Gasteiger partial charge in [-0.15, -0.1) is 0 Å². The fraction of sp³-hybridized carbons (Fsp3) is 0.368. The minimum absolute atomic E-state index is 0.0538. The summed E-state index contributed by atoms with van der Waals surface area (Å²) in [5.41, 5.74) is 3.18. The van der Waals surface area contributed by atoms with Crippen LogP contribution >= 0.6 is 11.6 Å². The minimum Gasteiger partial charge on any atom is -0.322 e. The first-order valence-corrected chi connectivity index (χ1v) is 8.88. The SMILES string of the molecule is Cc1ccc(CN2CCN(CC(=O)Nc3cccnc3Cl)CC2)cc1. The van der Waals surface area contributed by atoms with Crippen LogP contribution < -0.4 is 5.32 Å². The van der Waals surface area contributed by atoms with Crippen molar-refractivity contribution in [3.8, 4) is 0 Å². The molecule has 2 heterocycles. The molecule has 0 atom stereocenters. The fourth-order valence-corrected chi connectivity index (χ4v) is 3.10. The first-order chi connectivity index (χ1) is 12.1. The quantitative estimate of drug-likeness (QED) is 0.835. The Bertz CT molecular complexity index is 712. The van der Waals surface area contributed by atoms with Gasteiger partial charge in [-0.3, -0.25) is 14.6 Å². The third-order valence-corrected chi connectivity index (χ3v) is 4.69. The Morgan fingerprint density at radius 2 is 1.80 bits per heavy atom. The van der Waals surface area contributed by atoms with Crippen LogP contribution in [-0.4, -0.2) is 53.4 Å². The van der Waals surface area contributed by atoms with Crippen LogP contribution in [0.4, 0.5) is 5.69 Å². The summed E-state index contributed by atoms with van der Waals surface area (Å²) in [7, 11) is 0. The van der Waals surface area contributed by atoms with Crippen LogP contribution in [0, 0.1) is 6.92 Å². The largest absolute Gasteiger partial charge is 0.322 e. The maximum Gasteiger partial charge on any atom is 0.238 e. The topological polar surface area (TPSA) is 48.5 Å². The average Bonchev–Trinajstić information content (AvgIpc) is 2.61. The third kappa shape index (κ3) is 5.26. The molecule has 1 saturated heterocycles. The molecule has 25 heavy (non-hydrogen) atoms. The number of aryl methyl sites for hydroxylation is 1. The highest BCUT2D eigenvalue weighted by Crippen LogP contribution is 2.17. The number of hydrogen-bond donors (Lipinski definition) is 1. The molecule has 3 rings (SSSR count). The molecule has 132 valence electrons. The maximum absolute atomic E-state index is 12.2. The molecule has 1 amide bonds. The molecule has 0 aliphatic carbocycles. The molecule has 1 aromatic carbocycles. The van der Waals surface area contributed by atoms with Crippen LogP contribution in [0.1, 0.15) is 11.1 Å². The number of nitrogens with zero attached hydrogens (tertiary/aromatic N) is 3. The van der Waals surface area contributed by atoms with Crippen LogP contribution in [0.25, 0.3) is 0 Å². The number of benzene rings is 1. The lowest BCUT2D eigenvalue weighted by molar-refractivity contribution is -0.117. The van der Waals surface area contributed by atoms with E-state index in [1.165, 1.54) is 11.1 Å². The highest BCUT2D eigenvalue weighted by molar-refractivity contribution is 6.32. The van der Waals surface area contributed by atoms with Crippen molar-refractivity contribution >= 4 is 23.2 Å². The molecule has 0 radical (unpaired) electrons. The molecule has 0 unspecified atom stereocenters. The van der Waals surface area contributed by atoms with Gasteiger partial charge < -0.3 is 5.32 Å². The monoisotopic (exact) mass is 358 g/mol. The first kappa shape index (κ1) is 17.9. The number of halogens is 1. The predicted molar refractivity (Wildman–Crippen MR) is 101 cm³/mol. The molecule has 1 fully saturated rings. The van der Waals surface area contributed by atoms with Gasteiger partial charge in [-0.2, -0.15) is 0 Å². The smallest absolute Gasteiger partial charge is 0.238 e. The van der Waals surface area contributed by atoms with Crippen LogP contribution in [0.5, 0.6) is 0 Å². The number of carbonyl (C=O) groups excluding carboxylic acids is 1. The summed E-state index contributed by atoms with van der Waals surface area (Å²) in [6.45, 7) is 7.16. The first-order valence-electron chi connectivity index (χ1n) is 8.51.